The van der Waals surface area contributed by atoms with Gasteiger partial charge in [0.1, 0.15) is 0 Å². The molecule has 0 spiro atoms. The SMILES string of the molecule is COC(=O)C1=C(C)N=c2s/c(=C\c3ccc(Cl)cc3Cl)c(=O)n2[C@H]1c1ccc(Cl)cc1. The van der Waals surface area contributed by atoms with Crippen LogP contribution in [0.1, 0.15) is 24.1 Å². The van der Waals surface area contributed by atoms with Gasteiger partial charge in [-0.2, -0.15) is 0 Å². The smallest absolute Gasteiger partial charge is 0.338 e. The van der Waals surface area contributed by atoms with Crippen molar-refractivity contribution in [1.29, 1.82) is 0 Å². The number of rotatable bonds is 3. The van der Waals surface area contributed by atoms with E-state index < -0.39 is 12.0 Å². The van der Waals surface area contributed by atoms with Gasteiger partial charge >= 0.3 is 5.97 Å². The molecule has 1 aliphatic rings. The van der Waals surface area contributed by atoms with E-state index in [0.29, 0.717) is 41.2 Å². The number of hydrogen-bond acceptors (Lipinski definition) is 5. The summed E-state index contributed by atoms with van der Waals surface area (Å²) in [5.41, 5.74) is 1.88. The highest BCUT2D eigenvalue weighted by Gasteiger charge is 2.33. The topological polar surface area (TPSA) is 60.7 Å². The molecule has 0 aliphatic carbocycles. The molecule has 3 aromatic rings. The number of allylic oxidation sites excluding steroid dienone is 1. The van der Waals surface area contributed by atoms with Crippen molar-refractivity contribution in [3.05, 3.63) is 99.6 Å². The van der Waals surface area contributed by atoms with E-state index in [2.05, 4.69) is 4.99 Å². The van der Waals surface area contributed by atoms with E-state index in [9.17, 15) is 9.59 Å². The van der Waals surface area contributed by atoms with Crippen molar-refractivity contribution in [2.24, 2.45) is 4.99 Å². The fourth-order valence-corrected chi connectivity index (χ4v) is 5.04. The number of thiazole rings is 1. The summed E-state index contributed by atoms with van der Waals surface area (Å²) in [4.78, 5) is 31.0. The summed E-state index contributed by atoms with van der Waals surface area (Å²) < 4.78 is 6.92. The van der Waals surface area contributed by atoms with Gasteiger partial charge < -0.3 is 4.74 Å². The molecular formula is C22H15Cl3N2O3S. The number of methoxy groups -OCH3 is 1. The van der Waals surface area contributed by atoms with E-state index in [1.54, 1.807) is 55.5 Å². The Bertz CT molecular complexity index is 1410. The lowest BCUT2D eigenvalue weighted by molar-refractivity contribution is -0.136. The highest BCUT2D eigenvalue weighted by Crippen LogP contribution is 2.31. The summed E-state index contributed by atoms with van der Waals surface area (Å²) in [6.45, 7) is 1.72. The zero-order valence-corrected chi connectivity index (χ0v) is 19.4. The van der Waals surface area contributed by atoms with Crippen molar-refractivity contribution in [3.63, 3.8) is 0 Å². The number of esters is 1. The Kier molecular flexibility index (Phi) is 6.08. The van der Waals surface area contributed by atoms with Gasteiger partial charge in [0, 0.05) is 15.1 Å². The first-order chi connectivity index (χ1) is 14.8. The van der Waals surface area contributed by atoms with E-state index in [1.165, 1.54) is 23.0 Å². The monoisotopic (exact) mass is 492 g/mol. The molecule has 158 valence electrons. The summed E-state index contributed by atoms with van der Waals surface area (Å²) >= 11 is 19.5. The number of fused-ring (bicyclic) bond motifs is 1. The molecule has 0 radical (unpaired) electrons. The number of benzene rings is 2. The van der Waals surface area contributed by atoms with Crippen molar-refractivity contribution in [3.8, 4) is 0 Å². The molecule has 0 unspecified atom stereocenters. The summed E-state index contributed by atoms with van der Waals surface area (Å²) in [7, 11) is 1.30. The highest BCUT2D eigenvalue weighted by molar-refractivity contribution is 7.07. The first-order valence-electron chi connectivity index (χ1n) is 9.11. The molecule has 0 saturated carbocycles. The average Bonchev–Trinajstić information content (AvgIpc) is 3.04. The Hall–Kier alpha value is -2.38. The third-order valence-electron chi connectivity index (χ3n) is 4.86. The van der Waals surface area contributed by atoms with Gasteiger partial charge in [-0.1, -0.05) is 64.3 Å². The molecule has 0 N–H and O–H groups in total. The standard InChI is InChI=1S/C22H15Cl3N2O3S/c1-11-18(21(29)30-2)19(12-3-6-14(23)7-4-12)27-20(28)17(31-22(27)26-11)9-13-5-8-15(24)10-16(13)25/h3-10,19H,1-2H3/b17-9-/t19-/m0/s1. The van der Waals surface area contributed by atoms with Crippen molar-refractivity contribution in [1.82, 2.24) is 4.57 Å². The Balaban J connectivity index is 1.98. The van der Waals surface area contributed by atoms with Crippen LogP contribution >= 0.6 is 46.1 Å². The fraction of sp³-hybridized carbons (Fsp3) is 0.136. The van der Waals surface area contributed by atoms with Crippen molar-refractivity contribution < 1.29 is 9.53 Å². The average molecular weight is 494 g/mol. The predicted octanol–water partition coefficient (Wildman–Crippen LogP) is 4.37. The molecule has 0 saturated heterocycles. The number of hydrogen-bond donors (Lipinski definition) is 0. The normalized spacial score (nSPS) is 16.2. The maximum absolute atomic E-state index is 13.4. The Morgan fingerprint density at radius 2 is 1.81 bits per heavy atom. The van der Waals surface area contributed by atoms with E-state index in [4.69, 9.17) is 39.5 Å². The van der Waals surface area contributed by atoms with Crippen LogP contribution in [0.25, 0.3) is 6.08 Å². The lowest BCUT2D eigenvalue weighted by Crippen LogP contribution is -2.39. The molecular weight excluding hydrogens is 479 g/mol. The number of carbonyl (C=O) groups excluding carboxylic acids is 1. The van der Waals surface area contributed by atoms with E-state index in [1.807, 2.05) is 0 Å². The van der Waals surface area contributed by atoms with Crippen LogP contribution in [0.4, 0.5) is 0 Å². The summed E-state index contributed by atoms with van der Waals surface area (Å²) in [6.07, 6.45) is 1.69. The molecule has 4 rings (SSSR count). The van der Waals surface area contributed by atoms with E-state index >= 15 is 0 Å². The molecule has 1 atom stereocenters. The van der Waals surface area contributed by atoms with Crippen LogP contribution in [0.2, 0.25) is 15.1 Å². The second-order valence-corrected chi connectivity index (χ2v) is 9.08. The lowest BCUT2D eigenvalue weighted by Gasteiger charge is -2.24. The molecule has 0 bridgehead atoms. The summed E-state index contributed by atoms with van der Waals surface area (Å²) in [5.74, 6) is -0.545. The molecule has 5 nitrogen and oxygen atoms in total. The molecule has 1 aromatic heterocycles. The van der Waals surface area contributed by atoms with Gasteiger partial charge in [-0.05, 0) is 48.4 Å². The van der Waals surface area contributed by atoms with E-state index in [-0.39, 0.29) is 5.56 Å². The van der Waals surface area contributed by atoms with Crippen LogP contribution in [0.15, 0.2) is 63.5 Å². The Labute approximate surface area is 196 Å². The quantitative estimate of drug-likeness (QED) is 0.509. The van der Waals surface area contributed by atoms with Crippen LogP contribution in [-0.2, 0) is 9.53 Å². The molecule has 1 aliphatic heterocycles. The minimum atomic E-state index is -0.691. The number of nitrogens with zero attached hydrogens (tertiary/aromatic N) is 2. The number of carbonyl (C=O) groups is 1. The zero-order valence-electron chi connectivity index (χ0n) is 16.4. The van der Waals surface area contributed by atoms with Crippen molar-refractivity contribution >= 4 is 58.2 Å². The van der Waals surface area contributed by atoms with Gasteiger partial charge in [0.2, 0.25) is 0 Å². The van der Waals surface area contributed by atoms with Crippen LogP contribution in [0.5, 0.6) is 0 Å². The largest absolute Gasteiger partial charge is 0.466 e. The van der Waals surface area contributed by atoms with Gasteiger partial charge in [-0.3, -0.25) is 9.36 Å². The highest BCUT2D eigenvalue weighted by atomic mass is 35.5. The van der Waals surface area contributed by atoms with Crippen LogP contribution in [-0.4, -0.2) is 17.6 Å². The first-order valence-corrected chi connectivity index (χ1v) is 11.1. The van der Waals surface area contributed by atoms with Crippen molar-refractivity contribution in [2.45, 2.75) is 13.0 Å². The van der Waals surface area contributed by atoms with Crippen LogP contribution in [0, 0.1) is 0 Å². The molecule has 31 heavy (non-hydrogen) atoms. The molecule has 9 heteroatoms. The third-order valence-corrected chi connectivity index (χ3v) is 6.66. The van der Waals surface area contributed by atoms with E-state index in [0.717, 1.165) is 5.56 Å². The van der Waals surface area contributed by atoms with Gasteiger partial charge in [0.15, 0.2) is 4.80 Å². The molecule has 2 heterocycles. The number of aromatic nitrogens is 1. The van der Waals surface area contributed by atoms with Gasteiger partial charge in [0.05, 0.1) is 29.0 Å². The third kappa shape index (κ3) is 4.08. The second kappa shape index (κ2) is 8.63. The summed E-state index contributed by atoms with van der Waals surface area (Å²) in [5, 5.41) is 1.48. The van der Waals surface area contributed by atoms with Crippen molar-refractivity contribution in [2.75, 3.05) is 7.11 Å². The van der Waals surface area contributed by atoms with Gasteiger partial charge in [-0.25, -0.2) is 9.79 Å². The molecule has 0 amide bonds. The first kappa shape index (κ1) is 21.8. The van der Waals surface area contributed by atoms with Gasteiger partial charge in [-0.15, -0.1) is 0 Å². The zero-order chi connectivity index (χ0) is 22.3. The number of halogens is 3. The number of ether oxygens (including phenoxy) is 1. The molecule has 0 fully saturated rings. The minimum absolute atomic E-state index is 0.288. The summed E-state index contributed by atoms with van der Waals surface area (Å²) in [6, 6.07) is 11.3. The maximum atomic E-state index is 13.4. The lowest BCUT2D eigenvalue weighted by atomic mass is 9.96. The second-order valence-electron chi connectivity index (χ2n) is 6.79. The molecule has 2 aromatic carbocycles. The Morgan fingerprint density at radius 3 is 2.45 bits per heavy atom. The van der Waals surface area contributed by atoms with Crippen LogP contribution < -0.4 is 14.9 Å². The maximum Gasteiger partial charge on any atom is 0.338 e. The minimum Gasteiger partial charge on any atom is -0.466 e. The predicted molar refractivity (Wildman–Crippen MR) is 124 cm³/mol. The fourth-order valence-electron chi connectivity index (χ4n) is 3.41. The van der Waals surface area contributed by atoms with Crippen LogP contribution in [0.3, 0.4) is 0 Å². The van der Waals surface area contributed by atoms with Gasteiger partial charge in [0.25, 0.3) is 5.56 Å². The Morgan fingerprint density at radius 1 is 1.13 bits per heavy atom.